The maximum absolute atomic E-state index is 11.8. The van der Waals surface area contributed by atoms with Gasteiger partial charge < -0.3 is 10.2 Å². The molecule has 0 saturated carbocycles. The van der Waals surface area contributed by atoms with Crippen LogP contribution in [0.2, 0.25) is 0 Å². The van der Waals surface area contributed by atoms with Crippen LogP contribution in [-0.2, 0) is 15.8 Å². The van der Waals surface area contributed by atoms with E-state index in [1.54, 1.807) is 0 Å². The van der Waals surface area contributed by atoms with E-state index >= 15 is 0 Å². The number of aliphatic hydroxyl groups is 1. The van der Waals surface area contributed by atoms with Crippen molar-refractivity contribution in [3.8, 4) is 0 Å². The van der Waals surface area contributed by atoms with Gasteiger partial charge in [0.15, 0.2) is 13.8 Å². The maximum atomic E-state index is 11.8. The lowest BCUT2D eigenvalue weighted by Gasteiger charge is -2.27. The molecule has 2 aromatic carbocycles. The van der Waals surface area contributed by atoms with Crippen molar-refractivity contribution in [2.45, 2.75) is 29.6 Å². The number of pyridine rings is 1. The third-order valence-electron chi connectivity index (χ3n) is 4.82. The van der Waals surface area contributed by atoms with Crippen molar-refractivity contribution in [2.75, 3.05) is 5.75 Å². The first-order valence-electron chi connectivity index (χ1n) is 9.34. The SMILES string of the molecule is O=PC(O)(CSc1ccc2ccccc2n1)C(CCCc1ccccc1)C(=O)O. The standard InChI is InChI=1S/C22H22NO4PS/c24-21(25)18(11-6-9-16-7-2-1-3-8-16)22(26,28-27)15-29-20-14-13-17-10-4-5-12-19(17)23-20/h1-5,7-8,10,12-14,18,26H,6,9,11,15H2,(H,24,25). The van der Waals surface area contributed by atoms with Crippen LogP contribution < -0.4 is 0 Å². The van der Waals surface area contributed by atoms with Crippen molar-refractivity contribution in [3.05, 3.63) is 72.3 Å². The van der Waals surface area contributed by atoms with Crippen LogP contribution in [0.15, 0.2) is 71.8 Å². The second-order valence-electron chi connectivity index (χ2n) is 6.87. The minimum Gasteiger partial charge on any atom is -0.481 e. The number of rotatable bonds is 10. The summed E-state index contributed by atoms with van der Waals surface area (Å²) in [4.78, 5) is 16.3. The van der Waals surface area contributed by atoms with Crippen LogP contribution in [0.4, 0.5) is 0 Å². The Kier molecular flexibility index (Phi) is 7.37. The number of carboxylic acids is 1. The Bertz CT molecular complexity index is 985. The van der Waals surface area contributed by atoms with Crippen LogP contribution in [-0.4, -0.2) is 32.3 Å². The van der Waals surface area contributed by atoms with Gasteiger partial charge in [-0.1, -0.05) is 54.6 Å². The van der Waals surface area contributed by atoms with E-state index < -0.39 is 25.7 Å². The molecule has 0 aliphatic rings. The molecule has 0 radical (unpaired) electrons. The topological polar surface area (TPSA) is 87.5 Å². The van der Waals surface area contributed by atoms with Crippen molar-refractivity contribution in [2.24, 2.45) is 5.92 Å². The summed E-state index contributed by atoms with van der Waals surface area (Å²) in [5.41, 5.74) is 1.92. The van der Waals surface area contributed by atoms with E-state index in [0.29, 0.717) is 17.9 Å². The van der Waals surface area contributed by atoms with Gasteiger partial charge in [-0.15, -0.1) is 11.8 Å². The van der Waals surface area contributed by atoms with Crippen LogP contribution in [0, 0.1) is 5.92 Å². The van der Waals surface area contributed by atoms with Gasteiger partial charge >= 0.3 is 5.97 Å². The zero-order chi connectivity index (χ0) is 20.7. The molecule has 0 saturated heterocycles. The molecule has 2 N–H and O–H groups in total. The van der Waals surface area contributed by atoms with Gasteiger partial charge in [0.05, 0.1) is 16.5 Å². The number of carbonyl (C=O) groups is 1. The molecule has 5 nitrogen and oxygen atoms in total. The molecular weight excluding hydrogens is 405 g/mol. The highest BCUT2D eigenvalue weighted by atomic mass is 32.2. The number of hydrogen-bond acceptors (Lipinski definition) is 5. The van der Waals surface area contributed by atoms with E-state index in [2.05, 4.69) is 4.98 Å². The van der Waals surface area contributed by atoms with Crippen LogP contribution in [0.3, 0.4) is 0 Å². The smallest absolute Gasteiger partial charge is 0.310 e. The molecule has 150 valence electrons. The van der Waals surface area contributed by atoms with Crippen LogP contribution in [0.25, 0.3) is 10.9 Å². The fourth-order valence-corrected chi connectivity index (χ4v) is 4.87. The molecule has 2 atom stereocenters. The number of carboxylic acid groups (broad SMARTS) is 1. The number of thioether (sulfide) groups is 1. The molecular formula is C22H22NO4PS. The lowest BCUT2D eigenvalue weighted by Crippen LogP contribution is -2.40. The van der Waals surface area contributed by atoms with E-state index in [0.717, 1.165) is 16.5 Å². The predicted molar refractivity (Wildman–Crippen MR) is 116 cm³/mol. The average molecular weight is 427 g/mol. The molecule has 0 spiro atoms. The Hall–Kier alpha value is -2.27. The first-order valence-corrected chi connectivity index (χ1v) is 11.1. The van der Waals surface area contributed by atoms with Crippen molar-refractivity contribution < 1.29 is 19.6 Å². The normalized spacial score (nSPS) is 14.5. The number of hydrogen-bond donors (Lipinski definition) is 2. The maximum Gasteiger partial charge on any atom is 0.310 e. The second-order valence-corrected chi connectivity index (χ2v) is 8.82. The molecule has 0 aliphatic heterocycles. The number of nitrogens with zero attached hydrogens (tertiary/aromatic N) is 1. The van der Waals surface area contributed by atoms with Crippen LogP contribution >= 0.6 is 20.2 Å². The Labute approximate surface area is 175 Å². The second kappa shape index (κ2) is 9.97. The van der Waals surface area contributed by atoms with E-state index in [4.69, 9.17) is 0 Å². The number of benzene rings is 2. The average Bonchev–Trinajstić information content (AvgIpc) is 2.75. The number of aliphatic carboxylic acids is 1. The van der Waals surface area contributed by atoms with Gasteiger partial charge in [-0.25, -0.2) is 4.98 Å². The summed E-state index contributed by atoms with van der Waals surface area (Å²) < 4.78 is 11.8. The summed E-state index contributed by atoms with van der Waals surface area (Å²) in [6.45, 7) is 0. The zero-order valence-electron chi connectivity index (χ0n) is 15.8. The largest absolute Gasteiger partial charge is 0.481 e. The lowest BCUT2D eigenvalue weighted by molar-refractivity contribution is -0.146. The Morgan fingerprint density at radius 1 is 1.07 bits per heavy atom. The third kappa shape index (κ3) is 5.63. The van der Waals surface area contributed by atoms with Crippen molar-refractivity contribution in [3.63, 3.8) is 0 Å². The summed E-state index contributed by atoms with van der Waals surface area (Å²) in [5.74, 6) is -2.29. The summed E-state index contributed by atoms with van der Waals surface area (Å²) in [5, 5.41) is 20.3. The Balaban J connectivity index is 1.66. The van der Waals surface area contributed by atoms with Crippen molar-refractivity contribution in [1.29, 1.82) is 0 Å². The van der Waals surface area contributed by atoms with Gasteiger partial charge in [0, 0.05) is 11.1 Å². The first-order chi connectivity index (χ1) is 14.0. The minimum atomic E-state index is -1.86. The number of para-hydroxylation sites is 1. The third-order valence-corrected chi connectivity index (χ3v) is 6.93. The Morgan fingerprint density at radius 2 is 1.79 bits per heavy atom. The number of fused-ring (bicyclic) bond motifs is 1. The summed E-state index contributed by atoms with van der Waals surface area (Å²) in [6.07, 6.45) is 1.52. The first kappa shape index (κ1) is 21.4. The molecule has 1 heterocycles. The fourth-order valence-electron chi connectivity index (χ4n) is 3.21. The molecule has 0 amide bonds. The highest BCUT2D eigenvalue weighted by Gasteiger charge is 2.42. The highest BCUT2D eigenvalue weighted by molar-refractivity contribution is 7.99. The van der Waals surface area contributed by atoms with Gasteiger partial charge in [-0.05, 0) is 37.0 Å². The van der Waals surface area contributed by atoms with Gasteiger partial charge in [0.25, 0.3) is 0 Å². The van der Waals surface area contributed by atoms with Gasteiger partial charge in [0.1, 0.15) is 0 Å². The van der Waals surface area contributed by atoms with Crippen LogP contribution in [0.1, 0.15) is 18.4 Å². The summed E-state index contributed by atoms with van der Waals surface area (Å²) in [6, 6.07) is 21.2. The van der Waals surface area contributed by atoms with Gasteiger partial charge in [-0.2, -0.15) is 0 Å². The number of aromatic nitrogens is 1. The lowest BCUT2D eigenvalue weighted by atomic mass is 9.95. The molecule has 7 heteroatoms. The van der Waals surface area contributed by atoms with E-state index in [-0.39, 0.29) is 12.2 Å². The molecule has 3 aromatic rings. The molecule has 2 unspecified atom stereocenters. The van der Waals surface area contributed by atoms with E-state index in [9.17, 15) is 19.6 Å². The predicted octanol–water partition coefficient (Wildman–Crippen LogP) is 5.03. The molecule has 0 fully saturated rings. The van der Waals surface area contributed by atoms with Gasteiger partial charge in [0.2, 0.25) is 0 Å². The minimum absolute atomic E-state index is 0.0221. The quantitative estimate of drug-likeness (QED) is 0.349. The van der Waals surface area contributed by atoms with E-state index in [1.165, 1.54) is 11.8 Å². The van der Waals surface area contributed by atoms with Crippen LogP contribution in [0.5, 0.6) is 0 Å². The monoisotopic (exact) mass is 427 g/mol. The van der Waals surface area contributed by atoms with Crippen molar-refractivity contribution >= 4 is 37.1 Å². The fraction of sp³-hybridized carbons (Fsp3) is 0.273. The van der Waals surface area contributed by atoms with Gasteiger partial charge in [-0.3, -0.25) is 9.36 Å². The molecule has 1 aromatic heterocycles. The summed E-state index contributed by atoms with van der Waals surface area (Å²) in [7, 11) is -0.592. The molecule has 0 aliphatic carbocycles. The molecule has 29 heavy (non-hydrogen) atoms. The number of aryl methyl sites for hydroxylation is 1. The molecule has 3 rings (SSSR count). The molecule has 0 bridgehead atoms. The van der Waals surface area contributed by atoms with Crippen molar-refractivity contribution in [1.82, 2.24) is 4.98 Å². The van der Waals surface area contributed by atoms with E-state index in [1.807, 2.05) is 66.7 Å². The Morgan fingerprint density at radius 3 is 2.52 bits per heavy atom. The highest BCUT2D eigenvalue weighted by Crippen LogP contribution is 2.38. The summed E-state index contributed by atoms with van der Waals surface area (Å²) >= 11 is 1.21. The zero-order valence-corrected chi connectivity index (χ0v) is 17.5.